The average Bonchev–Trinajstić information content (AvgIpc) is 3.43. The highest BCUT2D eigenvalue weighted by molar-refractivity contribution is 5.95. The molecule has 0 spiro atoms. The van der Waals surface area contributed by atoms with Crippen molar-refractivity contribution in [2.45, 2.75) is 65.1 Å². The Morgan fingerprint density at radius 3 is 2.57 bits per heavy atom. The number of nitrogens with one attached hydrogen (secondary N) is 2. The minimum atomic E-state index is 0.228. The van der Waals surface area contributed by atoms with Gasteiger partial charge >= 0.3 is 0 Å². The Bertz CT molecular complexity index is 664. The third kappa shape index (κ3) is 5.71. The number of hydrogen-bond donors (Lipinski definition) is 2. The van der Waals surface area contributed by atoms with Crippen LogP contribution in [0.4, 0.5) is 5.69 Å². The summed E-state index contributed by atoms with van der Waals surface area (Å²) < 4.78 is 0. The van der Waals surface area contributed by atoms with Gasteiger partial charge in [0.15, 0.2) is 5.96 Å². The van der Waals surface area contributed by atoms with Crippen molar-refractivity contribution in [2.24, 2.45) is 4.99 Å². The van der Waals surface area contributed by atoms with Crippen LogP contribution in [0.15, 0.2) is 29.3 Å². The molecular formula is C22H35N5O. The van der Waals surface area contributed by atoms with Crippen molar-refractivity contribution in [3.05, 3.63) is 29.8 Å². The Morgan fingerprint density at radius 2 is 2.00 bits per heavy atom. The molecule has 1 heterocycles. The fraction of sp³-hybridized carbons (Fsp3) is 0.636. The Morgan fingerprint density at radius 1 is 1.25 bits per heavy atom. The number of guanidine groups is 1. The molecule has 1 aliphatic carbocycles. The van der Waals surface area contributed by atoms with Crippen molar-refractivity contribution in [1.82, 2.24) is 15.5 Å². The van der Waals surface area contributed by atoms with Crippen LogP contribution >= 0.6 is 0 Å². The summed E-state index contributed by atoms with van der Waals surface area (Å²) in [5.74, 6) is 1.09. The van der Waals surface area contributed by atoms with E-state index < -0.39 is 0 Å². The number of carbonyl (C=O) groups excluding carboxylic acids is 1. The summed E-state index contributed by atoms with van der Waals surface area (Å²) in [6, 6.07) is 9.58. The third-order valence-electron chi connectivity index (χ3n) is 5.43. The summed E-state index contributed by atoms with van der Waals surface area (Å²) in [5.41, 5.74) is 2.14. The number of aliphatic imine (C=N–C) groups is 1. The molecule has 1 saturated carbocycles. The molecule has 1 amide bonds. The van der Waals surface area contributed by atoms with Gasteiger partial charge in [0.1, 0.15) is 0 Å². The van der Waals surface area contributed by atoms with Gasteiger partial charge in [0.25, 0.3) is 0 Å². The molecule has 1 aromatic rings. The zero-order chi connectivity index (χ0) is 19.9. The number of carbonyl (C=O) groups is 1. The van der Waals surface area contributed by atoms with Crippen LogP contribution in [0.1, 0.15) is 52.0 Å². The van der Waals surface area contributed by atoms with Crippen LogP contribution in [0.2, 0.25) is 0 Å². The first-order valence-electron chi connectivity index (χ1n) is 10.8. The molecule has 154 valence electrons. The van der Waals surface area contributed by atoms with Crippen molar-refractivity contribution in [1.29, 1.82) is 0 Å². The first-order chi connectivity index (χ1) is 13.6. The van der Waals surface area contributed by atoms with Gasteiger partial charge in [-0.15, -0.1) is 0 Å². The molecule has 1 saturated heterocycles. The Kier molecular flexibility index (Phi) is 7.31. The van der Waals surface area contributed by atoms with Gasteiger partial charge in [-0.3, -0.25) is 9.69 Å². The van der Waals surface area contributed by atoms with E-state index in [1.54, 1.807) is 0 Å². The van der Waals surface area contributed by atoms with Crippen molar-refractivity contribution in [2.75, 3.05) is 31.1 Å². The predicted octanol–water partition coefficient (Wildman–Crippen LogP) is 2.74. The summed E-state index contributed by atoms with van der Waals surface area (Å²) in [6.07, 6.45) is 4.30. The summed E-state index contributed by atoms with van der Waals surface area (Å²) >= 11 is 0. The topological polar surface area (TPSA) is 60.0 Å². The summed E-state index contributed by atoms with van der Waals surface area (Å²) in [7, 11) is 0. The van der Waals surface area contributed by atoms with Crippen LogP contribution in [0.5, 0.6) is 0 Å². The number of hydrogen-bond acceptors (Lipinski definition) is 3. The first-order valence-corrected chi connectivity index (χ1v) is 10.8. The molecule has 0 radical (unpaired) electrons. The van der Waals surface area contributed by atoms with Gasteiger partial charge in [0.05, 0.1) is 6.54 Å². The number of nitrogens with zero attached hydrogens (tertiary/aromatic N) is 3. The van der Waals surface area contributed by atoms with E-state index in [9.17, 15) is 4.79 Å². The maximum Gasteiger partial charge on any atom is 0.227 e. The van der Waals surface area contributed by atoms with E-state index in [1.807, 2.05) is 17.0 Å². The fourth-order valence-corrected chi connectivity index (χ4v) is 3.79. The van der Waals surface area contributed by atoms with Crippen LogP contribution < -0.4 is 15.5 Å². The van der Waals surface area contributed by atoms with Gasteiger partial charge in [-0.05, 0) is 57.7 Å². The predicted molar refractivity (Wildman–Crippen MR) is 116 cm³/mol. The minimum absolute atomic E-state index is 0.228. The van der Waals surface area contributed by atoms with E-state index >= 15 is 0 Å². The highest BCUT2D eigenvalue weighted by Crippen LogP contribution is 2.28. The lowest BCUT2D eigenvalue weighted by atomic mass is 10.2. The first kappa shape index (κ1) is 20.6. The number of amides is 1. The van der Waals surface area contributed by atoms with Crippen molar-refractivity contribution >= 4 is 17.6 Å². The average molecular weight is 386 g/mol. The van der Waals surface area contributed by atoms with E-state index in [0.29, 0.717) is 19.0 Å². The van der Waals surface area contributed by atoms with Crippen LogP contribution in [0, 0.1) is 0 Å². The molecular weight excluding hydrogens is 350 g/mol. The van der Waals surface area contributed by atoms with E-state index in [2.05, 4.69) is 48.4 Å². The molecule has 2 aliphatic rings. The van der Waals surface area contributed by atoms with Gasteiger partial charge in [-0.2, -0.15) is 0 Å². The van der Waals surface area contributed by atoms with E-state index in [4.69, 9.17) is 4.99 Å². The van der Waals surface area contributed by atoms with Gasteiger partial charge in [0, 0.05) is 50.4 Å². The fourth-order valence-electron chi connectivity index (χ4n) is 3.79. The largest absolute Gasteiger partial charge is 0.357 e. The second kappa shape index (κ2) is 9.92. The molecule has 0 aromatic heterocycles. The van der Waals surface area contributed by atoms with Crippen molar-refractivity contribution in [3.63, 3.8) is 0 Å². The van der Waals surface area contributed by atoms with Crippen molar-refractivity contribution < 1.29 is 4.79 Å². The van der Waals surface area contributed by atoms with Crippen LogP contribution in [-0.4, -0.2) is 55.0 Å². The summed E-state index contributed by atoms with van der Waals surface area (Å²) in [4.78, 5) is 21.0. The van der Waals surface area contributed by atoms with Crippen LogP contribution in [-0.2, 0) is 11.3 Å². The van der Waals surface area contributed by atoms with Gasteiger partial charge in [0.2, 0.25) is 5.91 Å². The lowest BCUT2D eigenvalue weighted by Gasteiger charge is -2.26. The molecule has 0 bridgehead atoms. The molecule has 0 atom stereocenters. The lowest BCUT2D eigenvalue weighted by molar-refractivity contribution is -0.117. The molecule has 1 aliphatic heterocycles. The van der Waals surface area contributed by atoms with Crippen LogP contribution in [0.25, 0.3) is 0 Å². The zero-order valence-corrected chi connectivity index (χ0v) is 17.6. The Labute approximate surface area is 169 Å². The molecule has 1 aromatic carbocycles. The van der Waals surface area contributed by atoms with Crippen LogP contribution in [0.3, 0.4) is 0 Å². The maximum atomic E-state index is 11.9. The number of anilines is 1. The quantitative estimate of drug-likeness (QED) is 0.507. The van der Waals surface area contributed by atoms with Gasteiger partial charge < -0.3 is 15.5 Å². The molecule has 0 unspecified atom stereocenters. The SMILES string of the molecule is CCNC(=NCc1ccc(N2CCCC2=O)cc1)NCCN(C(C)C)C1CC1. The third-order valence-corrected chi connectivity index (χ3v) is 5.43. The number of rotatable bonds is 9. The molecule has 6 heteroatoms. The highest BCUT2D eigenvalue weighted by Gasteiger charge is 2.30. The maximum absolute atomic E-state index is 11.9. The Hall–Kier alpha value is -2.08. The molecule has 2 fully saturated rings. The van der Waals surface area contributed by atoms with Gasteiger partial charge in [-0.1, -0.05) is 12.1 Å². The van der Waals surface area contributed by atoms with Crippen molar-refractivity contribution in [3.8, 4) is 0 Å². The van der Waals surface area contributed by atoms with E-state index in [-0.39, 0.29) is 5.91 Å². The summed E-state index contributed by atoms with van der Waals surface area (Å²) in [5, 5.41) is 6.80. The normalized spacial score (nSPS) is 17.7. The summed E-state index contributed by atoms with van der Waals surface area (Å²) in [6.45, 7) is 10.9. The molecule has 2 N–H and O–H groups in total. The lowest BCUT2D eigenvalue weighted by Crippen LogP contribution is -2.43. The monoisotopic (exact) mass is 385 g/mol. The van der Waals surface area contributed by atoms with E-state index in [1.165, 1.54) is 12.8 Å². The second-order valence-corrected chi connectivity index (χ2v) is 8.00. The smallest absolute Gasteiger partial charge is 0.227 e. The second-order valence-electron chi connectivity index (χ2n) is 8.00. The zero-order valence-electron chi connectivity index (χ0n) is 17.6. The standard InChI is InChI=1S/C22H35N5O/c1-4-23-22(24-13-15-26(17(2)3)19-11-12-19)25-16-18-7-9-20(10-8-18)27-14-5-6-21(27)28/h7-10,17,19H,4-6,11-16H2,1-3H3,(H2,23,24,25). The molecule has 28 heavy (non-hydrogen) atoms. The number of benzene rings is 1. The molecule has 3 rings (SSSR count). The van der Waals surface area contributed by atoms with E-state index in [0.717, 1.165) is 55.9 Å². The Balaban J connectivity index is 1.51. The minimum Gasteiger partial charge on any atom is -0.357 e. The van der Waals surface area contributed by atoms with Gasteiger partial charge in [-0.25, -0.2) is 4.99 Å². The highest BCUT2D eigenvalue weighted by atomic mass is 16.2. The molecule has 6 nitrogen and oxygen atoms in total.